The van der Waals surface area contributed by atoms with Gasteiger partial charge in [0, 0.05) is 12.6 Å². The molecule has 10 heavy (non-hydrogen) atoms. The highest BCUT2D eigenvalue weighted by atomic mass is 14.7. The molecule has 1 aliphatic heterocycles. The number of nitrogens with zero attached hydrogens (tertiary/aromatic N) is 1. The SMILES string of the molecule is [C]1Cc2ccccc2C=N1. The zero-order chi connectivity index (χ0) is 6.81. The van der Waals surface area contributed by atoms with Crippen LogP contribution in [-0.2, 0) is 6.42 Å². The van der Waals surface area contributed by atoms with Gasteiger partial charge in [0.25, 0.3) is 0 Å². The van der Waals surface area contributed by atoms with E-state index >= 15 is 0 Å². The standard InChI is InChI=1S/C9H7N/c1-2-4-9-7-10-6-5-8(9)3-1/h1-4,7H,5H2. The van der Waals surface area contributed by atoms with Gasteiger partial charge in [-0.05, 0) is 11.1 Å². The smallest absolute Gasteiger partial charge is 0.120 e. The predicted octanol–water partition coefficient (Wildman–Crippen LogP) is 1.70. The van der Waals surface area contributed by atoms with E-state index in [9.17, 15) is 0 Å². The summed E-state index contributed by atoms with van der Waals surface area (Å²) in [6.45, 7) is 2.91. The highest BCUT2D eigenvalue weighted by Crippen LogP contribution is 2.12. The zero-order valence-electron chi connectivity index (χ0n) is 5.54. The van der Waals surface area contributed by atoms with Crippen molar-refractivity contribution in [2.24, 2.45) is 4.99 Å². The van der Waals surface area contributed by atoms with E-state index in [1.807, 2.05) is 18.3 Å². The van der Waals surface area contributed by atoms with Crippen LogP contribution in [0.1, 0.15) is 11.1 Å². The second-order valence-corrected chi connectivity index (χ2v) is 2.29. The summed E-state index contributed by atoms with van der Waals surface area (Å²) >= 11 is 0. The number of hydrogen-bond donors (Lipinski definition) is 0. The lowest BCUT2D eigenvalue weighted by Crippen LogP contribution is -1.97. The summed E-state index contributed by atoms with van der Waals surface area (Å²) in [4.78, 5) is 3.94. The maximum atomic E-state index is 3.94. The van der Waals surface area contributed by atoms with Gasteiger partial charge in [-0.15, -0.1) is 0 Å². The molecule has 2 radical (unpaired) electrons. The Hall–Kier alpha value is -1.11. The van der Waals surface area contributed by atoms with Gasteiger partial charge in [-0.3, -0.25) is 4.99 Å². The van der Waals surface area contributed by atoms with Crippen LogP contribution in [0.5, 0.6) is 0 Å². The average molecular weight is 129 g/mol. The summed E-state index contributed by atoms with van der Waals surface area (Å²) in [6, 6.07) is 8.24. The van der Waals surface area contributed by atoms with Gasteiger partial charge in [-0.2, -0.15) is 0 Å². The average Bonchev–Trinajstić information content (AvgIpc) is 2.05. The van der Waals surface area contributed by atoms with Gasteiger partial charge in [-0.25, -0.2) is 0 Å². The second-order valence-electron chi connectivity index (χ2n) is 2.29. The molecule has 0 N–H and O–H groups in total. The van der Waals surface area contributed by atoms with Gasteiger partial charge in [0.15, 0.2) is 0 Å². The molecule has 48 valence electrons. The first-order chi connectivity index (χ1) is 4.97. The highest BCUT2D eigenvalue weighted by Gasteiger charge is 2.02. The number of fused-ring (bicyclic) bond motifs is 1. The van der Waals surface area contributed by atoms with Crippen molar-refractivity contribution in [3.63, 3.8) is 0 Å². The Labute approximate surface area is 60.4 Å². The normalized spacial score (nSPS) is 14.8. The minimum absolute atomic E-state index is 0.854. The lowest BCUT2D eigenvalue weighted by molar-refractivity contribution is 1.08. The molecule has 0 aliphatic carbocycles. The molecular weight excluding hydrogens is 122 g/mol. The molecule has 0 aromatic heterocycles. The van der Waals surface area contributed by atoms with Crippen molar-refractivity contribution in [2.45, 2.75) is 6.42 Å². The van der Waals surface area contributed by atoms with Crippen LogP contribution in [0.2, 0.25) is 0 Å². The summed E-state index contributed by atoms with van der Waals surface area (Å²) in [5.74, 6) is 0. The first kappa shape index (κ1) is 5.66. The summed E-state index contributed by atoms with van der Waals surface area (Å²) in [6.07, 6.45) is 2.70. The van der Waals surface area contributed by atoms with Crippen molar-refractivity contribution in [1.82, 2.24) is 0 Å². The Balaban J connectivity index is 2.54. The lowest BCUT2D eigenvalue weighted by atomic mass is 10.0. The zero-order valence-corrected chi connectivity index (χ0v) is 5.54. The van der Waals surface area contributed by atoms with Crippen molar-refractivity contribution in [3.8, 4) is 0 Å². The van der Waals surface area contributed by atoms with Crippen LogP contribution >= 0.6 is 0 Å². The van der Waals surface area contributed by atoms with Crippen LogP contribution in [0.15, 0.2) is 29.3 Å². The molecule has 0 atom stereocenters. The van der Waals surface area contributed by atoms with Gasteiger partial charge in [0.2, 0.25) is 0 Å². The fourth-order valence-electron chi connectivity index (χ4n) is 1.07. The van der Waals surface area contributed by atoms with Crippen molar-refractivity contribution in [3.05, 3.63) is 41.9 Å². The van der Waals surface area contributed by atoms with Gasteiger partial charge < -0.3 is 0 Å². The third kappa shape index (κ3) is 0.838. The first-order valence-electron chi connectivity index (χ1n) is 3.30. The maximum absolute atomic E-state index is 3.94. The molecule has 0 saturated heterocycles. The molecule has 1 heterocycles. The van der Waals surface area contributed by atoms with E-state index in [4.69, 9.17) is 0 Å². The topological polar surface area (TPSA) is 12.4 Å². The minimum atomic E-state index is 0.854. The van der Waals surface area contributed by atoms with Crippen LogP contribution in [0.3, 0.4) is 0 Å². The van der Waals surface area contributed by atoms with Crippen LogP contribution < -0.4 is 0 Å². The van der Waals surface area contributed by atoms with E-state index in [2.05, 4.69) is 23.7 Å². The Morgan fingerprint density at radius 1 is 1.30 bits per heavy atom. The van der Waals surface area contributed by atoms with Crippen LogP contribution in [0, 0.1) is 6.54 Å². The fourth-order valence-corrected chi connectivity index (χ4v) is 1.07. The number of rotatable bonds is 0. The van der Waals surface area contributed by atoms with E-state index in [-0.39, 0.29) is 0 Å². The van der Waals surface area contributed by atoms with Crippen molar-refractivity contribution < 1.29 is 0 Å². The van der Waals surface area contributed by atoms with Crippen molar-refractivity contribution in [1.29, 1.82) is 0 Å². The molecule has 1 nitrogen and oxygen atoms in total. The number of aliphatic imine (C=N–C) groups is 1. The largest absolute Gasteiger partial charge is 0.280 e. The molecule has 1 aromatic carbocycles. The van der Waals surface area contributed by atoms with E-state index in [1.54, 1.807) is 0 Å². The Bertz CT molecular complexity index is 263. The third-order valence-corrected chi connectivity index (χ3v) is 1.62. The molecule has 1 aliphatic rings. The number of benzene rings is 1. The molecule has 0 fully saturated rings. The second kappa shape index (κ2) is 2.25. The third-order valence-electron chi connectivity index (χ3n) is 1.62. The molecule has 0 amide bonds. The van der Waals surface area contributed by atoms with Gasteiger partial charge in [0.1, 0.15) is 6.54 Å². The molecule has 1 aromatic rings. The van der Waals surface area contributed by atoms with E-state index < -0.39 is 0 Å². The van der Waals surface area contributed by atoms with Crippen LogP contribution in [0.4, 0.5) is 0 Å². The van der Waals surface area contributed by atoms with E-state index in [0.29, 0.717) is 0 Å². The summed E-state index contributed by atoms with van der Waals surface area (Å²) in [5, 5.41) is 0. The van der Waals surface area contributed by atoms with E-state index in [0.717, 1.165) is 6.42 Å². The first-order valence-corrected chi connectivity index (χ1v) is 3.30. The van der Waals surface area contributed by atoms with Crippen LogP contribution in [0.25, 0.3) is 0 Å². The molecule has 0 saturated carbocycles. The summed E-state index contributed by atoms with van der Waals surface area (Å²) in [5.41, 5.74) is 2.54. The molecular formula is C9H7N. The summed E-state index contributed by atoms with van der Waals surface area (Å²) in [7, 11) is 0. The predicted molar refractivity (Wildman–Crippen MR) is 41.0 cm³/mol. The van der Waals surface area contributed by atoms with E-state index in [1.165, 1.54) is 11.1 Å². The molecule has 1 heteroatoms. The van der Waals surface area contributed by atoms with Crippen LogP contribution in [-0.4, -0.2) is 6.21 Å². The molecule has 0 spiro atoms. The fraction of sp³-hybridized carbons (Fsp3) is 0.111. The minimum Gasteiger partial charge on any atom is -0.280 e. The van der Waals surface area contributed by atoms with Gasteiger partial charge in [0.05, 0.1) is 0 Å². The monoisotopic (exact) mass is 129 g/mol. The summed E-state index contributed by atoms with van der Waals surface area (Å²) < 4.78 is 0. The Morgan fingerprint density at radius 3 is 3.10 bits per heavy atom. The van der Waals surface area contributed by atoms with Crippen molar-refractivity contribution in [2.75, 3.05) is 0 Å². The maximum Gasteiger partial charge on any atom is 0.120 e. The number of hydrogen-bond acceptors (Lipinski definition) is 1. The van der Waals surface area contributed by atoms with Gasteiger partial charge in [-0.1, -0.05) is 24.3 Å². The quantitative estimate of drug-likeness (QED) is 0.505. The molecule has 0 unspecified atom stereocenters. The highest BCUT2D eigenvalue weighted by molar-refractivity contribution is 5.83. The Kier molecular flexibility index (Phi) is 1.28. The Morgan fingerprint density at radius 2 is 2.20 bits per heavy atom. The lowest BCUT2D eigenvalue weighted by Gasteiger charge is -2.06. The van der Waals surface area contributed by atoms with Gasteiger partial charge >= 0.3 is 0 Å². The molecule has 2 rings (SSSR count). The molecule has 0 bridgehead atoms. The van der Waals surface area contributed by atoms with Crippen molar-refractivity contribution >= 4 is 6.21 Å².